The van der Waals surface area contributed by atoms with E-state index in [0.717, 1.165) is 12.4 Å². The molecule has 1 atom stereocenters. The molecule has 0 radical (unpaired) electrons. The summed E-state index contributed by atoms with van der Waals surface area (Å²) in [5, 5.41) is 7.73. The van der Waals surface area contributed by atoms with E-state index in [0.29, 0.717) is 0 Å². The Hall–Kier alpha value is -1.32. The number of fused-ring (bicyclic) bond motifs is 1. The second-order valence-corrected chi connectivity index (χ2v) is 6.49. The minimum atomic E-state index is 0.109. The molecule has 3 rings (SSSR count). The maximum atomic E-state index is 5.75. The van der Waals surface area contributed by atoms with Crippen LogP contribution in [0.15, 0.2) is 35.0 Å². The van der Waals surface area contributed by atoms with E-state index >= 15 is 0 Å². The molecule has 0 saturated heterocycles. The van der Waals surface area contributed by atoms with E-state index in [2.05, 4.69) is 54.2 Å². The van der Waals surface area contributed by atoms with Gasteiger partial charge in [-0.05, 0) is 47.1 Å². The molecule has 0 saturated carbocycles. The number of ether oxygens (including phenoxy) is 1. The van der Waals surface area contributed by atoms with Gasteiger partial charge in [0.15, 0.2) is 0 Å². The van der Waals surface area contributed by atoms with Crippen molar-refractivity contribution in [1.29, 1.82) is 0 Å². The van der Waals surface area contributed by atoms with E-state index in [-0.39, 0.29) is 11.5 Å². The van der Waals surface area contributed by atoms with E-state index in [1.807, 2.05) is 7.05 Å². The molecule has 0 amide bonds. The zero-order valence-corrected chi connectivity index (χ0v) is 12.4. The molecule has 1 N–H and O–H groups in total. The Labute approximate surface area is 118 Å². The molecule has 2 aromatic rings. The van der Waals surface area contributed by atoms with Crippen LogP contribution in [-0.2, 0) is 5.41 Å². The van der Waals surface area contributed by atoms with Crippen molar-refractivity contribution in [1.82, 2.24) is 5.32 Å². The van der Waals surface area contributed by atoms with Crippen molar-refractivity contribution in [2.24, 2.45) is 0 Å². The summed E-state index contributed by atoms with van der Waals surface area (Å²) in [5.74, 6) is 1.04. The van der Waals surface area contributed by atoms with Crippen molar-refractivity contribution in [3.05, 3.63) is 51.7 Å². The monoisotopic (exact) mass is 273 g/mol. The molecule has 1 aliphatic heterocycles. The molecule has 1 aromatic carbocycles. The van der Waals surface area contributed by atoms with Gasteiger partial charge in [0.2, 0.25) is 0 Å². The van der Waals surface area contributed by atoms with E-state index in [4.69, 9.17) is 4.74 Å². The maximum absolute atomic E-state index is 5.75. The molecular formula is C16H19NOS. The van der Waals surface area contributed by atoms with Crippen molar-refractivity contribution in [2.45, 2.75) is 25.3 Å². The van der Waals surface area contributed by atoms with Crippen LogP contribution in [0.1, 0.15) is 36.6 Å². The van der Waals surface area contributed by atoms with Crippen LogP contribution >= 0.6 is 11.3 Å². The summed E-state index contributed by atoms with van der Waals surface area (Å²) < 4.78 is 5.75. The first kappa shape index (κ1) is 12.7. The first-order valence-electron chi connectivity index (χ1n) is 6.58. The molecule has 0 aliphatic carbocycles. The molecule has 0 fully saturated rings. The Morgan fingerprint density at radius 3 is 2.79 bits per heavy atom. The third-order valence-corrected chi connectivity index (χ3v) is 4.52. The third-order valence-electron chi connectivity index (χ3n) is 3.82. The minimum absolute atomic E-state index is 0.109. The Balaban J connectivity index is 2.02. The largest absolute Gasteiger partial charge is 0.492 e. The number of nitrogens with one attached hydrogen (secondary N) is 1. The van der Waals surface area contributed by atoms with E-state index < -0.39 is 0 Å². The van der Waals surface area contributed by atoms with Crippen molar-refractivity contribution in [3.63, 3.8) is 0 Å². The topological polar surface area (TPSA) is 21.3 Å². The van der Waals surface area contributed by atoms with Gasteiger partial charge >= 0.3 is 0 Å². The van der Waals surface area contributed by atoms with Gasteiger partial charge in [-0.15, -0.1) is 0 Å². The highest BCUT2D eigenvalue weighted by atomic mass is 32.1. The van der Waals surface area contributed by atoms with Crippen LogP contribution in [0.4, 0.5) is 0 Å². The third kappa shape index (κ3) is 2.17. The van der Waals surface area contributed by atoms with Crippen LogP contribution in [0.2, 0.25) is 0 Å². The van der Waals surface area contributed by atoms with Gasteiger partial charge < -0.3 is 10.1 Å². The highest BCUT2D eigenvalue weighted by Gasteiger charge is 2.32. The lowest BCUT2D eigenvalue weighted by Crippen LogP contribution is -2.20. The maximum Gasteiger partial charge on any atom is 0.123 e. The van der Waals surface area contributed by atoms with Gasteiger partial charge in [-0.3, -0.25) is 0 Å². The summed E-state index contributed by atoms with van der Waals surface area (Å²) in [7, 11) is 2.01. The molecule has 0 spiro atoms. The van der Waals surface area contributed by atoms with Gasteiger partial charge in [-0.25, -0.2) is 0 Å². The molecule has 2 nitrogen and oxygen atoms in total. The van der Waals surface area contributed by atoms with E-state index in [1.165, 1.54) is 16.7 Å². The molecule has 100 valence electrons. The quantitative estimate of drug-likeness (QED) is 0.920. The SMILES string of the molecule is CNC(c1ccsc1)c1ccc2c(c1)C(C)(C)CO2. The zero-order valence-electron chi connectivity index (χ0n) is 11.6. The second kappa shape index (κ2) is 4.66. The summed E-state index contributed by atoms with van der Waals surface area (Å²) in [6.07, 6.45) is 0. The molecule has 1 aromatic heterocycles. The molecular weight excluding hydrogens is 254 g/mol. The highest BCUT2D eigenvalue weighted by Crippen LogP contribution is 2.40. The summed E-state index contributed by atoms with van der Waals surface area (Å²) in [4.78, 5) is 0. The Bertz CT molecular complexity index is 574. The average Bonchev–Trinajstić information content (AvgIpc) is 3.00. The van der Waals surface area contributed by atoms with Gasteiger partial charge in [-0.1, -0.05) is 19.9 Å². The zero-order chi connectivity index (χ0) is 13.5. The summed E-state index contributed by atoms with van der Waals surface area (Å²) in [6, 6.07) is 9.00. The van der Waals surface area contributed by atoms with Crippen molar-refractivity contribution in [3.8, 4) is 5.75 Å². The number of rotatable bonds is 3. The Morgan fingerprint density at radius 1 is 1.26 bits per heavy atom. The van der Waals surface area contributed by atoms with Crippen LogP contribution in [0, 0.1) is 0 Å². The predicted octanol–water partition coefficient (Wildman–Crippen LogP) is 3.73. The van der Waals surface area contributed by atoms with Crippen molar-refractivity contribution in [2.75, 3.05) is 13.7 Å². The number of hydrogen-bond donors (Lipinski definition) is 1. The first-order valence-corrected chi connectivity index (χ1v) is 7.53. The first-order chi connectivity index (χ1) is 9.12. The highest BCUT2D eigenvalue weighted by molar-refractivity contribution is 7.08. The van der Waals surface area contributed by atoms with Crippen molar-refractivity contribution >= 4 is 11.3 Å². The lowest BCUT2D eigenvalue weighted by Gasteiger charge is -2.19. The van der Waals surface area contributed by atoms with Gasteiger partial charge in [0, 0.05) is 11.0 Å². The lowest BCUT2D eigenvalue weighted by molar-refractivity contribution is 0.291. The van der Waals surface area contributed by atoms with Crippen LogP contribution in [-0.4, -0.2) is 13.7 Å². The number of hydrogen-bond acceptors (Lipinski definition) is 3. The van der Waals surface area contributed by atoms with Gasteiger partial charge in [-0.2, -0.15) is 11.3 Å². The van der Waals surface area contributed by atoms with Gasteiger partial charge in [0.1, 0.15) is 5.75 Å². The number of thiophene rings is 1. The normalized spacial score (nSPS) is 17.8. The summed E-state index contributed by atoms with van der Waals surface area (Å²) >= 11 is 1.74. The van der Waals surface area contributed by atoms with Crippen molar-refractivity contribution < 1.29 is 4.74 Å². The van der Waals surface area contributed by atoms with E-state index in [9.17, 15) is 0 Å². The fraction of sp³-hybridized carbons (Fsp3) is 0.375. The van der Waals surface area contributed by atoms with Gasteiger partial charge in [0.05, 0.1) is 12.6 Å². The fourth-order valence-electron chi connectivity index (χ4n) is 2.68. The second-order valence-electron chi connectivity index (χ2n) is 5.71. The van der Waals surface area contributed by atoms with Crippen LogP contribution < -0.4 is 10.1 Å². The molecule has 1 unspecified atom stereocenters. The van der Waals surface area contributed by atoms with Crippen LogP contribution in [0.3, 0.4) is 0 Å². The standard InChI is InChI=1S/C16H19NOS/c1-16(2)10-18-14-5-4-11(8-13(14)16)15(17-3)12-6-7-19-9-12/h4-9,15,17H,10H2,1-3H3. The predicted molar refractivity (Wildman–Crippen MR) is 80.2 cm³/mol. The van der Waals surface area contributed by atoms with Crippen LogP contribution in [0.5, 0.6) is 5.75 Å². The lowest BCUT2D eigenvalue weighted by atomic mass is 9.85. The number of benzene rings is 1. The summed E-state index contributed by atoms with van der Waals surface area (Å²) in [5.41, 5.74) is 4.06. The molecule has 2 heterocycles. The summed E-state index contributed by atoms with van der Waals surface area (Å²) in [6.45, 7) is 5.25. The Kier molecular flexibility index (Phi) is 3.11. The molecule has 1 aliphatic rings. The van der Waals surface area contributed by atoms with E-state index in [1.54, 1.807) is 11.3 Å². The molecule has 3 heteroatoms. The Morgan fingerprint density at radius 2 is 2.11 bits per heavy atom. The minimum Gasteiger partial charge on any atom is -0.492 e. The smallest absolute Gasteiger partial charge is 0.123 e. The van der Waals surface area contributed by atoms with Gasteiger partial charge in [0.25, 0.3) is 0 Å². The molecule has 19 heavy (non-hydrogen) atoms. The molecule has 0 bridgehead atoms. The average molecular weight is 273 g/mol. The van der Waals surface area contributed by atoms with Crippen LogP contribution in [0.25, 0.3) is 0 Å². The fourth-order valence-corrected chi connectivity index (χ4v) is 3.37.